The molecule has 0 rings (SSSR count). The SMILES string of the molecule is CC(C)CC(CN(C(C)C)C(C)C)C(C)C. The molecule has 0 aromatic carbocycles. The van der Waals surface area contributed by atoms with Gasteiger partial charge in [-0.05, 0) is 51.9 Å². The summed E-state index contributed by atoms with van der Waals surface area (Å²) >= 11 is 0. The van der Waals surface area contributed by atoms with Gasteiger partial charge < -0.3 is 0 Å². The zero-order chi connectivity index (χ0) is 12.9. The van der Waals surface area contributed by atoms with E-state index in [0.29, 0.717) is 12.1 Å². The van der Waals surface area contributed by atoms with Crippen LogP contribution in [0, 0.1) is 17.8 Å². The summed E-state index contributed by atoms with van der Waals surface area (Å²) < 4.78 is 0. The van der Waals surface area contributed by atoms with Gasteiger partial charge in [-0.3, -0.25) is 4.90 Å². The van der Waals surface area contributed by atoms with Crippen molar-refractivity contribution in [2.75, 3.05) is 6.54 Å². The van der Waals surface area contributed by atoms with Crippen LogP contribution in [0.3, 0.4) is 0 Å². The van der Waals surface area contributed by atoms with E-state index in [1.54, 1.807) is 0 Å². The van der Waals surface area contributed by atoms with Crippen molar-refractivity contribution in [3.05, 3.63) is 0 Å². The molecule has 0 aromatic heterocycles. The molecule has 0 N–H and O–H groups in total. The Morgan fingerprint density at radius 2 is 1.19 bits per heavy atom. The number of nitrogens with zero attached hydrogens (tertiary/aromatic N) is 1. The molecule has 0 aliphatic heterocycles. The molecule has 1 heteroatoms. The molecule has 0 bridgehead atoms. The monoisotopic (exact) mass is 227 g/mol. The minimum atomic E-state index is 0.661. The van der Waals surface area contributed by atoms with Crippen LogP contribution in [0.2, 0.25) is 0 Å². The summed E-state index contributed by atoms with van der Waals surface area (Å²) in [4.78, 5) is 2.63. The topological polar surface area (TPSA) is 3.24 Å². The minimum absolute atomic E-state index is 0.661. The zero-order valence-electron chi connectivity index (χ0n) is 12.7. The Hall–Kier alpha value is -0.0400. The highest BCUT2D eigenvalue weighted by Gasteiger charge is 2.22. The van der Waals surface area contributed by atoms with Gasteiger partial charge in [0.2, 0.25) is 0 Å². The van der Waals surface area contributed by atoms with E-state index >= 15 is 0 Å². The lowest BCUT2D eigenvalue weighted by molar-refractivity contribution is 0.119. The molecular weight excluding hydrogens is 194 g/mol. The normalized spacial score (nSPS) is 14.8. The fourth-order valence-electron chi connectivity index (χ4n) is 2.45. The van der Waals surface area contributed by atoms with Crippen LogP contribution in [0.5, 0.6) is 0 Å². The third-order valence-electron chi connectivity index (χ3n) is 3.49. The first kappa shape index (κ1) is 16.0. The van der Waals surface area contributed by atoms with Gasteiger partial charge in [0.25, 0.3) is 0 Å². The Labute approximate surface area is 104 Å². The molecule has 0 aliphatic rings. The summed E-state index contributed by atoms with van der Waals surface area (Å²) in [7, 11) is 0. The van der Waals surface area contributed by atoms with Gasteiger partial charge in [0.1, 0.15) is 0 Å². The number of rotatable bonds is 7. The third kappa shape index (κ3) is 5.89. The van der Waals surface area contributed by atoms with E-state index in [1.807, 2.05) is 0 Å². The first-order valence-electron chi connectivity index (χ1n) is 7.01. The molecule has 0 spiro atoms. The number of hydrogen-bond acceptors (Lipinski definition) is 1. The maximum Gasteiger partial charge on any atom is 0.00414 e. The maximum absolute atomic E-state index is 2.63. The van der Waals surface area contributed by atoms with Crippen molar-refractivity contribution < 1.29 is 0 Å². The highest BCUT2D eigenvalue weighted by atomic mass is 15.2. The molecule has 0 heterocycles. The van der Waals surface area contributed by atoms with Crippen LogP contribution < -0.4 is 0 Å². The van der Waals surface area contributed by atoms with E-state index in [2.05, 4.69) is 60.3 Å². The lowest BCUT2D eigenvalue weighted by Gasteiger charge is -2.36. The fraction of sp³-hybridized carbons (Fsp3) is 1.00. The van der Waals surface area contributed by atoms with Crippen molar-refractivity contribution in [3.63, 3.8) is 0 Å². The van der Waals surface area contributed by atoms with E-state index in [-0.39, 0.29) is 0 Å². The lowest BCUT2D eigenvalue weighted by atomic mass is 9.86. The minimum Gasteiger partial charge on any atom is -0.298 e. The Morgan fingerprint density at radius 1 is 0.750 bits per heavy atom. The molecule has 0 saturated heterocycles. The van der Waals surface area contributed by atoms with E-state index < -0.39 is 0 Å². The predicted molar refractivity (Wildman–Crippen MR) is 74.8 cm³/mol. The number of hydrogen-bond donors (Lipinski definition) is 0. The van der Waals surface area contributed by atoms with Crippen LogP contribution in [0.25, 0.3) is 0 Å². The van der Waals surface area contributed by atoms with E-state index in [4.69, 9.17) is 0 Å². The Kier molecular flexibility index (Phi) is 7.30. The molecule has 0 radical (unpaired) electrons. The van der Waals surface area contributed by atoms with Crippen molar-refractivity contribution >= 4 is 0 Å². The van der Waals surface area contributed by atoms with Gasteiger partial charge in [-0.15, -0.1) is 0 Å². The predicted octanol–water partition coefficient (Wildman–Crippen LogP) is 4.42. The molecule has 0 fully saturated rings. The van der Waals surface area contributed by atoms with E-state index in [1.165, 1.54) is 13.0 Å². The van der Waals surface area contributed by atoms with Crippen molar-refractivity contribution in [1.29, 1.82) is 0 Å². The van der Waals surface area contributed by atoms with Gasteiger partial charge in [0, 0.05) is 18.6 Å². The van der Waals surface area contributed by atoms with E-state index in [9.17, 15) is 0 Å². The fourth-order valence-corrected chi connectivity index (χ4v) is 2.45. The standard InChI is InChI=1S/C15H33N/c1-11(2)9-15(12(3)4)10-16(13(5)6)14(7)8/h11-15H,9-10H2,1-8H3. The summed E-state index contributed by atoms with van der Waals surface area (Å²) in [6.07, 6.45) is 1.35. The molecule has 0 aliphatic carbocycles. The molecule has 0 aromatic rings. The zero-order valence-corrected chi connectivity index (χ0v) is 12.7. The molecule has 98 valence electrons. The van der Waals surface area contributed by atoms with Crippen molar-refractivity contribution in [2.45, 2.75) is 73.9 Å². The van der Waals surface area contributed by atoms with Gasteiger partial charge >= 0.3 is 0 Å². The molecule has 0 saturated carbocycles. The van der Waals surface area contributed by atoms with Gasteiger partial charge in [-0.25, -0.2) is 0 Å². The molecule has 0 amide bonds. The molecule has 1 nitrogen and oxygen atoms in total. The smallest absolute Gasteiger partial charge is 0.00414 e. The average Bonchev–Trinajstić information content (AvgIpc) is 2.09. The van der Waals surface area contributed by atoms with Crippen molar-refractivity contribution in [2.24, 2.45) is 17.8 Å². The summed E-state index contributed by atoms with van der Waals surface area (Å²) in [6, 6.07) is 1.32. The second-order valence-corrected chi connectivity index (χ2v) is 6.52. The van der Waals surface area contributed by atoms with Crippen LogP contribution in [0.4, 0.5) is 0 Å². The average molecular weight is 227 g/mol. The molecule has 1 unspecified atom stereocenters. The Morgan fingerprint density at radius 3 is 1.44 bits per heavy atom. The highest BCUT2D eigenvalue weighted by Crippen LogP contribution is 2.23. The van der Waals surface area contributed by atoms with Gasteiger partial charge in [0.15, 0.2) is 0 Å². The van der Waals surface area contributed by atoms with Gasteiger partial charge in [-0.2, -0.15) is 0 Å². The van der Waals surface area contributed by atoms with Crippen LogP contribution in [0.15, 0.2) is 0 Å². The van der Waals surface area contributed by atoms with Crippen LogP contribution in [-0.2, 0) is 0 Å². The quantitative estimate of drug-likeness (QED) is 0.622. The van der Waals surface area contributed by atoms with Crippen LogP contribution in [-0.4, -0.2) is 23.5 Å². The first-order chi connectivity index (χ1) is 7.25. The Balaban J connectivity index is 4.45. The summed E-state index contributed by atoms with van der Waals surface area (Å²) in [6.45, 7) is 19.9. The highest BCUT2D eigenvalue weighted by molar-refractivity contribution is 4.75. The second-order valence-electron chi connectivity index (χ2n) is 6.52. The lowest BCUT2D eigenvalue weighted by Crippen LogP contribution is -2.41. The second kappa shape index (κ2) is 7.32. The van der Waals surface area contributed by atoms with Crippen molar-refractivity contribution in [3.8, 4) is 0 Å². The molecular formula is C15H33N. The van der Waals surface area contributed by atoms with Crippen LogP contribution >= 0.6 is 0 Å². The first-order valence-corrected chi connectivity index (χ1v) is 7.01. The summed E-state index contributed by atoms with van der Waals surface area (Å²) in [5.41, 5.74) is 0. The third-order valence-corrected chi connectivity index (χ3v) is 3.49. The summed E-state index contributed by atoms with van der Waals surface area (Å²) in [5.74, 6) is 2.45. The van der Waals surface area contributed by atoms with Gasteiger partial charge in [0.05, 0.1) is 0 Å². The van der Waals surface area contributed by atoms with Crippen molar-refractivity contribution in [1.82, 2.24) is 4.90 Å². The van der Waals surface area contributed by atoms with Crippen LogP contribution in [0.1, 0.15) is 61.8 Å². The molecule has 1 atom stereocenters. The molecule has 16 heavy (non-hydrogen) atoms. The van der Waals surface area contributed by atoms with Gasteiger partial charge in [-0.1, -0.05) is 27.7 Å². The Bertz CT molecular complexity index is 162. The maximum atomic E-state index is 2.63. The largest absolute Gasteiger partial charge is 0.298 e. The van der Waals surface area contributed by atoms with E-state index in [0.717, 1.165) is 17.8 Å². The summed E-state index contributed by atoms with van der Waals surface area (Å²) in [5, 5.41) is 0.